The Kier molecular flexibility index (Phi) is 6.52. The second-order valence-corrected chi connectivity index (χ2v) is 7.52. The number of nitrogens with zero attached hydrogens (tertiary/aromatic N) is 2. The standard InChI is InChI=1S/C14H21N3O4S.ClH/c1-10-8-13(17(18)19)9-14(11(10)2)22(20,21)16-6-4-12(15-3)5-7-16;/h8-9,12,15H,4-7H2,1-3H3;1H. The largest absolute Gasteiger partial charge is 0.317 e. The van der Waals surface area contributed by atoms with E-state index in [1.165, 1.54) is 16.4 Å². The molecule has 0 saturated carbocycles. The molecule has 0 amide bonds. The molecule has 130 valence electrons. The van der Waals surface area contributed by atoms with Crippen LogP contribution < -0.4 is 5.32 Å². The lowest BCUT2D eigenvalue weighted by Crippen LogP contribution is -2.44. The molecule has 1 aromatic rings. The molecule has 0 unspecified atom stereocenters. The molecule has 0 aliphatic carbocycles. The number of rotatable bonds is 4. The lowest BCUT2D eigenvalue weighted by molar-refractivity contribution is -0.385. The second kappa shape index (κ2) is 7.57. The van der Waals surface area contributed by atoms with Crippen LogP contribution in [0.25, 0.3) is 0 Å². The first-order valence-electron chi connectivity index (χ1n) is 7.20. The summed E-state index contributed by atoms with van der Waals surface area (Å²) in [6.45, 7) is 4.23. The number of sulfonamides is 1. The van der Waals surface area contributed by atoms with E-state index < -0.39 is 14.9 Å². The maximum atomic E-state index is 12.8. The van der Waals surface area contributed by atoms with Crippen molar-refractivity contribution < 1.29 is 13.3 Å². The molecule has 1 N–H and O–H groups in total. The molecule has 9 heteroatoms. The van der Waals surface area contributed by atoms with E-state index in [1.54, 1.807) is 13.8 Å². The minimum atomic E-state index is -3.70. The van der Waals surface area contributed by atoms with Crippen molar-refractivity contribution in [3.8, 4) is 0 Å². The normalized spacial score (nSPS) is 16.8. The maximum Gasteiger partial charge on any atom is 0.271 e. The van der Waals surface area contributed by atoms with E-state index in [4.69, 9.17) is 0 Å². The molecule has 1 aliphatic heterocycles. The van der Waals surface area contributed by atoms with Gasteiger partial charge in [0.1, 0.15) is 0 Å². The molecule has 0 spiro atoms. The van der Waals surface area contributed by atoms with Gasteiger partial charge in [-0.15, -0.1) is 12.4 Å². The highest BCUT2D eigenvalue weighted by molar-refractivity contribution is 7.89. The van der Waals surface area contributed by atoms with Crippen molar-refractivity contribution >= 4 is 28.1 Å². The summed E-state index contributed by atoms with van der Waals surface area (Å²) in [5, 5.41) is 14.1. The molecular formula is C14H22ClN3O4S. The number of nitrogens with one attached hydrogen (secondary N) is 1. The number of hydrogen-bond acceptors (Lipinski definition) is 5. The van der Waals surface area contributed by atoms with Gasteiger partial charge in [0.05, 0.1) is 9.82 Å². The van der Waals surface area contributed by atoms with Gasteiger partial charge >= 0.3 is 0 Å². The van der Waals surface area contributed by atoms with Crippen LogP contribution in [0.15, 0.2) is 17.0 Å². The molecule has 0 aromatic heterocycles. The van der Waals surface area contributed by atoms with Crippen molar-refractivity contribution in [3.05, 3.63) is 33.4 Å². The zero-order chi connectivity index (χ0) is 16.5. The molecule has 1 fully saturated rings. The Morgan fingerprint density at radius 3 is 2.30 bits per heavy atom. The third kappa shape index (κ3) is 4.00. The van der Waals surface area contributed by atoms with Gasteiger partial charge in [0.2, 0.25) is 10.0 Å². The lowest BCUT2D eigenvalue weighted by Gasteiger charge is -2.31. The zero-order valence-corrected chi connectivity index (χ0v) is 15.0. The fourth-order valence-corrected chi connectivity index (χ4v) is 4.49. The van der Waals surface area contributed by atoms with E-state index >= 15 is 0 Å². The molecule has 23 heavy (non-hydrogen) atoms. The Morgan fingerprint density at radius 1 is 1.26 bits per heavy atom. The van der Waals surface area contributed by atoms with Crippen LogP contribution in [0.2, 0.25) is 0 Å². The fourth-order valence-electron chi connectivity index (χ4n) is 2.71. The van der Waals surface area contributed by atoms with E-state index in [1.807, 2.05) is 7.05 Å². The molecule has 0 atom stereocenters. The summed E-state index contributed by atoms with van der Waals surface area (Å²) in [6.07, 6.45) is 1.48. The molecule has 0 bridgehead atoms. The first-order chi connectivity index (χ1) is 10.3. The van der Waals surface area contributed by atoms with Gasteiger partial charge in [-0.05, 0) is 44.9 Å². The first kappa shape index (κ1) is 19.8. The monoisotopic (exact) mass is 363 g/mol. The summed E-state index contributed by atoms with van der Waals surface area (Å²) < 4.78 is 27.0. The summed E-state index contributed by atoms with van der Waals surface area (Å²) in [5.41, 5.74) is 0.992. The van der Waals surface area contributed by atoms with Gasteiger partial charge in [-0.3, -0.25) is 10.1 Å². The van der Waals surface area contributed by atoms with Gasteiger partial charge in [-0.25, -0.2) is 8.42 Å². The first-order valence-corrected chi connectivity index (χ1v) is 8.64. The smallest absolute Gasteiger partial charge is 0.271 e. The van der Waals surface area contributed by atoms with Crippen LogP contribution in [-0.4, -0.2) is 43.8 Å². The van der Waals surface area contributed by atoms with E-state index in [2.05, 4.69) is 5.32 Å². The number of hydrogen-bond donors (Lipinski definition) is 1. The SMILES string of the molecule is CNC1CCN(S(=O)(=O)c2cc([N+](=O)[O-])cc(C)c2C)CC1.Cl. The molecule has 1 heterocycles. The highest BCUT2D eigenvalue weighted by Gasteiger charge is 2.31. The molecular weight excluding hydrogens is 342 g/mol. The van der Waals surface area contributed by atoms with Crippen LogP contribution in [0.3, 0.4) is 0 Å². The van der Waals surface area contributed by atoms with Crippen LogP contribution in [0.1, 0.15) is 24.0 Å². The molecule has 1 aromatic carbocycles. The molecule has 2 rings (SSSR count). The Bertz CT molecular complexity index is 686. The zero-order valence-electron chi connectivity index (χ0n) is 13.4. The third-order valence-electron chi connectivity index (χ3n) is 4.30. The predicted molar refractivity (Wildman–Crippen MR) is 90.7 cm³/mol. The van der Waals surface area contributed by atoms with Crippen LogP contribution in [0, 0.1) is 24.0 Å². The van der Waals surface area contributed by atoms with Crippen molar-refractivity contribution in [1.82, 2.24) is 9.62 Å². The molecule has 0 radical (unpaired) electrons. The maximum absolute atomic E-state index is 12.8. The van der Waals surface area contributed by atoms with Gasteiger partial charge in [0, 0.05) is 31.3 Å². The van der Waals surface area contributed by atoms with Gasteiger partial charge in [0.25, 0.3) is 5.69 Å². The van der Waals surface area contributed by atoms with Crippen molar-refractivity contribution in [3.63, 3.8) is 0 Å². The van der Waals surface area contributed by atoms with Gasteiger partial charge < -0.3 is 5.32 Å². The number of nitro groups is 1. The number of halogens is 1. The molecule has 7 nitrogen and oxygen atoms in total. The number of non-ortho nitro benzene ring substituents is 1. The van der Waals surface area contributed by atoms with E-state index in [-0.39, 0.29) is 23.0 Å². The van der Waals surface area contributed by atoms with Crippen LogP contribution in [-0.2, 0) is 10.0 Å². The second-order valence-electron chi connectivity index (χ2n) is 5.61. The number of aryl methyl sites for hydroxylation is 1. The topological polar surface area (TPSA) is 92.6 Å². The predicted octanol–water partition coefficient (Wildman–Crippen LogP) is 2.01. The highest BCUT2D eigenvalue weighted by Crippen LogP contribution is 2.29. The summed E-state index contributed by atoms with van der Waals surface area (Å²) in [5.74, 6) is 0. The highest BCUT2D eigenvalue weighted by atomic mass is 35.5. The quantitative estimate of drug-likeness (QED) is 0.652. The lowest BCUT2D eigenvalue weighted by atomic mass is 10.1. The Hall–Kier alpha value is -1.22. The minimum absolute atomic E-state index is 0. The van der Waals surface area contributed by atoms with E-state index in [9.17, 15) is 18.5 Å². The molecule has 1 saturated heterocycles. The summed E-state index contributed by atoms with van der Waals surface area (Å²) in [6, 6.07) is 2.89. The average molecular weight is 364 g/mol. The number of benzene rings is 1. The van der Waals surface area contributed by atoms with Crippen molar-refractivity contribution in [2.75, 3.05) is 20.1 Å². The number of nitro benzene ring substituents is 1. The van der Waals surface area contributed by atoms with Crippen LogP contribution in [0.5, 0.6) is 0 Å². The van der Waals surface area contributed by atoms with Crippen LogP contribution in [0.4, 0.5) is 5.69 Å². The van der Waals surface area contributed by atoms with Crippen molar-refractivity contribution in [2.24, 2.45) is 0 Å². The van der Waals surface area contributed by atoms with E-state index in [0.29, 0.717) is 30.3 Å². The van der Waals surface area contributed by atoms with Gasteiger partial charge in [-0.2, -0.15) is 4.31 Å². The summed E-state index contributed by atoms with van der Waals surface area (Å²) >= 11 is 0. The summed E-state index contributed by atoms with van der Waals surface area (Å²) in [4.78, 5) is 10.5. The summed E-state index contributed by atoms with van der Waals surface area (Å²) in [7, 11) is -1.84. The fraction of sp³-hybridized carbons (Fsp3) is 0.571. The minimum Gasteiger partial charge on any atom is -0.317 e. The van der Waals surface area contributed by atoms with Crippen molar-refractivity contribution in [2.45, 2.75) is 37.6 Å². The van der Waals surface area contributed by atoms with Gasteiger partial charge in [-0.1, -0.05) is 0 Å². The Labute approximate surface area is 142 Å². The van der Waals surface area contributed by atoms with Crippen molar-refractivity contribution in [1.29, 1.82) is 0 Å². The molecule has 1 aliphatic rings. The third-order valence-corrected chi connectivity index (χ3v) is 6.32. The number of piperidine rings is 1. The van der Waals surface area contributed by atoms with Crippen LogP contribution >= 0.6 is 12.4 Å². The van der Waals surface area contributed by atoms with Gasteiger partial charge in [0.15, 0.2) is 0 Å². The Balaban J connectivity index is 0.00000264. The Morgan fingerprint density at radius 2 is 1.83 bits per heavy atom. The average Bonchev–Trinajstić information content (AvgIpc) is 2.49. The van der Waals surface area contributed by atoms with E-state index in [0.717, 1.165) is 12.8 Å².